The van der Waals surface area contributed by atoms with Gasteiger partial charge in [0.2, 0.25) is 0 Å². The second-order valence-corrected chi connectivity index (χ2v) is 4.48. The maximum absolute atomic E-state index is 5.89. The van der Waals surface area contributed by atoms with Crippen molar-refractivity contribution in [3.05, 3.63) is 36.3 Å². The molecule has 2 N–H and O–H groups in total. The largest absolute Gasteiger partial charge is 0.326 e. The fraction of sp³-hybridized carbons (Fsp3) is 0.417. The standard InChI is InChI=1S/C12H16N4/c13-10-4-6-15(7-10)8-11-9-16-5-2-1-3-12(16)14-11/h1-3,5,9-10H,4,6-8,13H2/t10-/m0/s1. The molecule has 0 unspecified atom stereocenters. The molecule has 3 heterocycles. The Balaban J connectivity index is 1.79. The number of hydrogen-bond acceptors (Lipinski definition) is 3. The summed E-state index contributed by atoms with van der Waals surface area (Å²) in [6, 6.07) is 6.40. The molecule has 0 radical (unpaired) electrons. The maximum Gasteiger partial charge on any atom is 0.137 e. The Morgan fingerprint density at radius 1 is 1.44 bits per heavy atom. The van der Waals surface area contributed by atoms with Crippen LogP contribution >= 0.6 is 0 Å². The summed E-state index contributed by atoms with van der Waals surface area (Å²) < 4.78 is 2.06. The smallest absolute Gasteiger partial charge is 0.137 e. The van der Waals surface area contributed by atoms with Gasteiger partial charge in [-0.25, -0.2) is 4.98 Å². The van der Waals surface area contributed by atoms with Crippen LogP contribution in [0.15, 0.2) is 30.6 Å². The van der Waals surface area contributed by atoms with Crippen molar-refractivity contribution in [1.82, 2.24) is 14.3 Å². The van der Waals surface area contributed by atoms with Crippen molar-refractivity contribution in [3.8, 4) is 0 Å². The van der Waals surface area contributed by atoms with Gasteiger partial charge < -0.3 is 10.1 Å². The summed E-state index contributed by atoms with van der Waals surface area (Å²) in [6.07, 6.45) is 5.23. The summed E-state index contributed by atoms with van der Waals surface area (Å²) in [5.41, 5.74) is 8.03. The molecule has 84 valence electrons. The molecule has 4 heteroatoms. The van der Waals surface area contributed by atoms with Gasteiger partial charge in [-0.1, -0.05) is 6.07 Å². The molecule has 0 aliphatic carbocycles. The number of nitrogens with zero attached hydrogens (tertiary/aromatic N) is 3. The van der Waals surface area contributed by atoms with E-state index in [1.54, 1.807) is 0 Å². The van der Waals surface area contributed by atoms with Gasteiger partial charge in [-0.05, 0) is 18.6 Å². The Morgan fingerprint density at radius 3 is 3.12 bits per heavy atom. The third kappa shape index (κ3) is 1.81. The van der Waals surface area contributed by atoms with Crippen LogP contribution in [-0.4, -0.2) is 33.4 Å². The van der Waals surface area contributed by atoms with Crippen LogP contribution in [0.1, 0.15) is 12.1 Å². The minimum atomic E-state index is 0.344. The molecule has 4 nitrogen and oxygen atoms in total. The minimum absolute atomic E-state index is 0.344. The van der Waals surface area contributed by atoms with E-state index in [0.717, 1.165) is 37.4 Å². The topological polar surface area (TPSA) is 46.6 Å². The predicted molar refractivity (Wildman–Crippen MR) is 63.1 cm³/mol. The maximum atomic E-state index is 5.89. The molecule has 0 saturated carbocycles. The van der Waals surface area contributed by atoms with E-state index < -0.39 is 0 Å². The third-order valence-corrected chi connectivity index (χ3v) is 3.11. The van der Waals surface area contributed by atoms with E-state index in [1.165, 1.54) is 0 Å². The van der Waals surface area contributed by atoms with Gasteiger partial charge in [-0.2, -0.15) is 0 Å². The van der Waals surface area contributed by atoms with Crippen molar-refractivity contribution in [2.24, 2.45) is 5.73 Å². The van der Waals surface area contributed by atoms with Gasteiger partial charge in [0.1, 0.15) is 5.65 Å². The number of fused-ring (bicyclic) bond motifs is 1. The van der Waals surface area contributed by atoms with Crippen LogP contribution in [0.4, 0.5) is 0 Å². The molecule has 3 rings (SSSR count). The Morgan fingerprint density at radius 2 is 2.38 bits per heavy atom. The van der Waals surface area contributed by atoms with Crippen LogP contribution in [-0.2, 0) is 6.54 Å². The molecular weight excluding hydrogens is 200 g/mol. The monoisotopic (exact) mass is 216 g/mol. The van der Waals surface area contributed by atoms with Gasteiger partial charge in [0.15, 0.2) is 0 Å². The molecule has 2 aromatic rings. The zero-order chi connectivity index (χ0) is 11.0. The molecule has 1 aliphatic heterocycles. The van der Waals surface area contributed by atoms with Gasteiger partial charge >= 0.3 is 0 Å². The van der Waals surface area contributed by atoms with Gasteiger partial charge in [0, 0.05) is 38.1 Å². The third-order valence-electron chi connectivity index (χ3n) is 3.11. The summed E-state index contributed by atoms with van der Waals surface area (Å²) in [5, 5.41) is 0. The van der Waals surface area contributed by atoms with Crippen molar-refractivity contribution >= 4 is 5.65 Å². The number of imidazole rings is 1. The average molecular weight is 216 g/mol. The first kappa shape index (κ1) is 9.81. The lowest BCUT2D eigenvalue weighted by molar-refractivity contribution is 0.323. The fourth-order valence-electron chi connectivity index (χ4n) is 2.30. The zero-order valence-corrected chi connectivity index (χ0v) is 9.21. The van der Waals surface area contributed by atoms with Gasteiger partial charge in [0.25, 0.3) is 0 Å². The lowest BCUT2D eigenvalue weighted by Crippen LogP contribution is -2.26. The van der Waals surface area contributed by atoms with Crippen molar-refractivity contribution < 1.29 is 0 Å². The van der Waals surface area contributed by atoms with E-state index in [-0.39, 0.29) is 0 Å². The minimum Gasteiger partial charge on any atom is -0.326 e. The Hall–Kier alpha value is -1.39. The van der Waals surface area contributed by atoms with E-state index in [1.807, 2.05) is 24.4 Å². The van der Waals surface area contributed by atoms with Crippen LogP contribution in [0.3, 0.4) is 0 Å². The van der Waals surface area contributed by atoms with Crippen molar-refractivity contribution in [2.45, 2.75) is 19.0 Å². The average Bonchev–Trinajstić information content (AvgIpc) is 2.84. The number of hydrogen-bond donors (Lipinski definition) is 1. The molecule has 0 bridgehead atoms. The van der Waals surface area contributed by atoms with Crippen molar-refractivity contribution in [1.29, 1.82) is 0 Å². The Kier molecular flexibility index (Phi) is 2.38. The van der Waals surface area contributed by atoms with Gasteiger partial charge in [-0.15, -0.1) is 0 Å². The molecule has 16 heavy (non-hydrogen) atoms. The molecule has 0 aromatic carbocycles. The molecule has 0 spiro atoms. The summed E-state index contributed by atoms with van der Waals surface area (Å²) in [7, 11) is 0. The van der Waals surface area contributed by atoms with Crippen LogP contribution in [0, 0.1) is 0 Å². The van der Waals surface area contributed by atoms with Crippen LogP contribution in [0.25, 0.3) is 5.65 Å². The normalized spacial score (nSPS) is 21.9. The highest BCUT2D eigenvalue weighted by Crippen LogP contribution is 2.12. The first-order valence-electron chi connectivity index (χ1n) is 5.72. The second-order valence-electron chi connectivity index (χ2n) is 4.48. The molecular formula is C12H16N4. The molecule has 1 fully saturated rings. The molecule has 2 aromatic heterocycles. The number of rotatable bonds is 2. The summed E-state index contributed by atoms with van der Waals surface area (Å²) in [6.45, 7) is 3.00. The van der Waals surface area contributed by atoms with Gasteiger partial charge in [-0.3, -0.25) is 4.90 Å². The van der Waals surface area contributed by atoms with Crippen LogP contribution in [0.2, 0.25) is 0 Å². The van der Waals surface area contributed by atoms with Crippen molar-refractivity contribution in [3.63, 3.8) is 0 Å². The molecule has 0 amide bonds. The second kappa shape index (κ2) is 3.88. The highest BCUT2D eigenvalue weighted by atomic mass is 15.2. The molecule has 1 atom stereocenters. The van der Waals surface area contributed by atoms with E-state index in [2.05, 4.69) is 20.5 Å². The van der Waals surface area contributed by atoms with E-state index in [0.29, 0.717) is 6.04 Å². The van der Waals surface area contributed by atoms with E-state index in [9.17, 15) is 0 Å². The van der Waals surface area contributed by atoms with E-state index in [4.69, 9.17) is 5.73 Å². The predicted octanol–water partition coefficient (Wildman–Crippen LogP) is 0.867. The van der Waals surface area contributed by atoms with Crippen LogP contribution < -0.4 is 5.73 Å². The lowest BCUT2D eigenvalue weighted by Gasteiger charge is -2.12. The quantitative estimate of drug-likeness (QED) is 0.810. The highest BCUT2D eigenvalue weighted by molar-refractivity contribution is 5.39. The van der Waals surface area contributed by atoms with E-state index >= 15 is 0 Å². The summed E-state index contributed by atoms with van der Waals surface area (Å²) >= 11 is 0. The summed E-state index contributed by atoms with van der Waals surface area (Å²) in [5.74, 6) is 0. The summed E-state index contributed by atoms with van der Waals surface area (Å²) in [4.78, 5) is 6.95. The zero-order valence-electron chi connectivity index (χ0n) is 9.21. The lowest BCUT2D eigenvalue weighted by atomic mass is 10.3. The molecule has 1 saturated heterocycles. The Labute approximate surface area is 94.7 Å². The molecule has 1 aliphatic rings. The first-order chi connectivity index (χ1) is 7.81. The highest BCUT2D eigenvalue weighted by Gasteiger charge is 2.19. The Bertz CT molecular complexity index is 457. The number of likely N-dealkylation sites (tertiary alicyclic amines) is 1. The van der Waals surface area contributed by atoms with Gasteiger partial charge in [0.05, 0.1) is 5.69 Å². The fourth-order valence-corrected chi connectivity index (χ4v) is 2.30. The van der Waals surface area contributed by atoms with Crippen molar-refractivity contribution in [2.75, 3.05) is 13.1 Å². The SMILES string of the molecule is N[C@H]1CCN(Cc2cn3ccccc3n2)C1. The number of nitrogens with two attached hydrogens (primary N) is 1. The number of aromatic nitrogens is 2. The first-order valence-corrected chi connectivity index (χ1v) is 5.72. The number of pyridine rings is 1. The van der Waals surface area contributed by atoms with Crippen LogP contribution in [0.5, 0.6) is 0 Å².